The van der Waals surface area contributed by atoms with Gasteiger partial charge in [-0.15, -0.1) is 0 Å². The van der Waals surface area contributed by atoms with E-state index in [1.54, 1.807) is 0 Å². The van der Waals surface area contributed by atoms with Gasteiger partial charge in [0.2, 0.25) is 5.91 Å². The van der Waals surface area contributed by atoms with Crippen molar-refractivity contribution in [2.24, 2.45) is 0 Å². The number of hydrogen-bond donors (Lipinski definition) is 1. The Morgan fingerprint density at radius 2 is 1.88 bits per heavy atom. The molecule has 0 aromatic heterocycles. The minimum Gasteiger partial charge on any atom is -0.466 e. The molecule has 0 heterocycles. The van der Waals surface area contributed by atoms with Gasteiger partial charge in [-0.3, -0.25) is 4.79 Å². The van der Waals surface area contributed by atoms with Crippen molar-refractivity contribution in [3.05, 3.63) is 41.7 Å². The molecule has 0 aliphatic carbocycles. The van der Waals surface area contributed by atoms with E-state index in [0.717, 1.165) is 6.08 Å². The Balaban J connectivity index is 3.05. The molecule has 0 saturated carbocycles. The second kappa shape index (κ2) is 5.79. The molecule has 17 heavy (non-hydrogen) atoms. The fraction of sp³-hybridized carbons (Fsp3) is 0.167. The Labute approximate surface area is 98.1 Å². The lowest BCUT2D eigenvalue weighted by molar-refractivity contribution is -0.134. The third kappa shape index (κ3) is 4.06. The first-order valence-electron chi connectivity index (χ1n) is 4.86. The number of carbonyl (C=O) groups excluding carboxylic acids is 2. The van der Waals surface area contributed by atoms with Gasteiger partial charge >= 0.3 is 5.97 Å². The lowest BCUT2D eigenvalue weighted by Crippen LogP contribution is -2.19. The van der Waals surface area contributed by atoms with Gasteiger partial charge < -0.3 is 10.1 Å². The van der Waals surface area contributed by atoms with E-state index in [2.05, 4.69) is 10.1 Å². The van der Waals surface area contributed by atoms with Crippen LogP contribution in [0.3, 0.4) is 0 Å². The molecule has 0 fully saturated rings. The molecule has 0 unspecified atom stereocenters. The highest BCUT2D eigenvalue weighted by molar-refractivity contribution is 5.95. The van der Waals surface area contributed by atoms with Crippen molar-refractivity contribution >= 4 is 17.6 Å². The van der Waals surface area contributed by atoms with Crippen molar-refractivity contribution in [2.45, 2.75) is 6.92 Å². The lowest BCUT2D eigenvalue weighted by atomic mass is 10.1. The number of benzene rings is 1. The molecule has 0 atom stereocenters. The van der Waals surface area contributed by atoms with Crippen LogP contribution in [0.15, 0.2) is 30.3 Å². The van der Waals surface area contributed by atoms with Crippen LogP contribution in [0.2, 0.25) is 0 Å². The largest absolute Gasteiger partial charge is 0.466 e. The normalized spacial score (nSPS) is 10.9. The van der Waals surface area contributed by atoms with E-state index in [-0.39, 0.29) is 11.6 Å². The van der Waals surface area contributed by atoms with Crippen molar-refractivity contribution in [1.29, 1.82) is 0 Å². The molecule has 1 amide bonds. The average molecular weight is 237 g/mol. The topological polar surface area (TPSA) is 55.4 Å². The molecule has 5 heteroatoms. The lowest BCUT2D eigenvalue weighted by Gasteiger charge is -2.07. The smallest absolute Gasteiger partial charge is 0.332 e. The maximum Gasteiger partial charge on any atom is 0.332 e. The first-order valence-corrected chi connectivity index (χ1v) is 4.86. The number of esters is 1. The van der Waals surface area contributed by atoms with E-state index >= 15 is 0 Å². The molecule has 1 aromatic carbocycles. The minimum absolute atomic E-state index is 0.268. The highest BCUT2D eigenvalue weighted by Crippen LogP contribution is 2.12. The summed E-state index contributed by atoms with van der Waals surface area (Å²) in [5.74, 6) is -1.32. The summed E-state index contributed by atoms with van der Waals surface area (Å²) >= 11 is 0. The van der Waals surface area contributed by atoms with E-state index in [1.807, 2.05) is 0 Å². The minimum atomic E-state index is -0.599. The Hall–Kier alpha value is -2.17. The van der Waals surface area contributed by atoms with Gasteiger partial charge in [-0.2, -0.15) is 0 Å². The highest BCUT2D eigenvalue weighted by Gasteiger charge is 2.06. The van der Waals surface area contributed by atoms with Gasteiger partial charge in [-0.1, -0.05) is 0 Å². The quantitative estimate of drug-likeness (QED) is 0.640. The summed E-state index contributed by atoms with van der Waals surface area (Å²) in [6.45, 7) is 1.31. The Kier molecular flexibility index (Phi) is 4.39. The number of amides is 1. The van der Waals surface area contributed by atoms with Crippen molar-refractivity contribution in [2.75, 3.05) is 7.11 Å². The molecule has 0 aliphatic heterocycles. The van der Waals surface area contributed by atoms with E-state index in [0.29, 0.717) is 5.56 Å². The fourth-order valence-electron chi connectivity index (χ4n) is 1.19. The predicted molar refractivity (Wildman–Crippen MR) is 60.2 cm³/mol. The molecule has 4 nitrogen and oxygen atoms in total. The Morgan fingerprint density at radius 3 is 2.35 bits per heavy atom. The molecular weight excluding hydrogens is 225 g/mol. The van der Waals surface area contributed by atoms with Crippen molar-refractivity contribution in [3.8, 4) is 0 Å². The summed E-state index contributed by atoms with van der Waals surface area (Å²) in [6.07, 6.45) is 1.13. The van der Waals surface area contributed by atoms with Crippen molar-refractivity contribution in [3.63, 3.8) is 0 Å². The first-order chi connectivity index (χ1) is 8.02. The molecule has 0 bridgehead atoms. The predicted octanol–water partition coefficient (Wildman–Crippen LogP) is 1.48. The number of methoxy groups -OCH3 is 1. The number of nitrogens with one attached hydrogen (secondary N) is 1. The van der Waals surface area contributed by atoms with Crippen LogP contribution in [0.1, 0.15) is 12.5 Å². The first kappa shape index (κ1) is 12.9. The molecular formula is C12H12FNO3. The average Bonchev–Trinajstić information content (AvgIpc) is 2.28. The van der Waals surface area contributed by atoms with E-state index < -0.39 is 11.8 Å². The summed E-state index contributed by atoms with van der Waals surface area (Å²) in [6, 6.07) is 5.39. The van der Waals surface area contributed by atoms with Gasteiger partial charge in [0.05, 0.1) is 12.8 Å². The zero-order valence-corrected chi connectivity index (χ0v) is 9.49. The second-order valence-electron chi connectivity index (χ2n) is 3.27. The van der Waals surface area contributed by atoms with Crippen molar-refractivity contribution < 1.29 is 18.7 Å². The Morgan fingerprint density at radius 1 is 1.29 bits per heavy atom. The van der Waals surface area contributed by atoms with Crippen LogP contribution in [-0.2, 0) is 14.3 Å². The van der Waals surface area contributed by atoms with Gasteiger partial charge in [-0.05, 0) is 29.8 Å². The number of carbonyl (C=O) groups is 2. The third-order valence-electron chi connectivity index (χ3n) is 1.93. The SMILES string of the molecule is COC(=O)C=C(NC(C)=O)c1ccc(F)cc1. The van der Waals surface area contributed by atoms with Crippen LogP contribution in [0.4, 0.5) is 4.39 Å². The zero-order chi connectivity index (χ0) is 12.8. The molecule has 0 aliphatic rings. The van der Waals surface area contributed by atoms with Gasteiger partial charge in [0.15, 0.2) is 0 Å². The maximum atomic E-state index is 12.7. The van der Waals surface area contributed by atoms with Crippen LogP contribution in [-0.4, -0.2) is 19.0 Å². The summed E-state index contributed by atoms with van der Waals surface area (Å²) < 4.78 is 17.2. The Bertz CT molecular complexity index is 451. The molecule has 90 valence electrons. The molecule has 1 N–H and O–H groups in total. The monoisotopic (exact) mass is 237 g/mol. The van der Waals surface area contributed by atoms with Crippen LogP contribution in [0.5, 0.6) is 0 Å². The third-order valence-corrected chi connectivity index (χ3v) is 1.93. The van der Waals surface area contributed by atoms with Crippen LogP contribution >= 0.6 is 0 Å². The summed E-state index contributed by atoms with van der Waals surface area (Å²) in [7, 11) is 1.23. The molecule has 1 rings (SSSR count). The van der Waals surface area contributed by atoms with Gasteiger partial charge in [-0.25, -0.2) is 9.18 Å². The van der Waals surface area contributed by atoms with E-state index in [9.17, 15) is 14.0 Å². The standard InChI is InChI=1S/C12H12FNO3/c1-8(15)14-11(7-12(16)17-2)9-3-5-10(13)6-4-9/h3-7H,1-2H3,(H,14,15). The number of halogens is 1. The summed E-state index contributed by atoms with van der Waals surface area (Å²) in [4.78, 5) is 22.1. The molecule has 0 radical (unpaired) electrons. The van der Waals surface area contributed by atoms with Gasteiger partial charge in [0, 0.05) is 13.0 Å². The van der Waals surface area contributed by atoms with E-state index in [4.69, 9.17) is 0 Å². The van der Waals surface area contributed by atoms with E-state index in [1.165, 1.54) is 38.3 Å². The van der Waals surface area contributed by atoms with Crippen LogP contribution in [0, 0.1) is 5.82 Å². The number of hydrogen-bond acceptors (Lipinski definition) is 3. The maximum absolute atomic E-state index is 12.7. The summed E-state index contributed by atoms with van der Waals surface area (Å²) in [5, 5.41) is 2.48. The second-order valence-corrected chi connectivity index (χ2v) is 3.27. The van der Waals surface area contributed by atoms with Gasteiger partial charge in [0.25, 0.3) is 0 Å². The van der Waals surface area contributed by atoms with Crippen LogP contribution < -0.4 is 5.32 Å². The highest BCUT2D eigenvalue weighted by atomic mass is 19.1. The number of ether oxygens (including phenoxy) is 1. The fourth-order valence-corrected chi connectivity index (χ4v) is 1.19. The van der Waals surface area contributed by atoms with Gasteiger partial charge in [0.1, 0.15) is 5.82 Å². The number of rotatable bonds is 3. The summed E-state index contributed by atoms with van der Waals surface area (Å²) in [5.41, 5.74) is 0.788. The zero-order valence-electron chi connectivity index (χ0n) is 9.49. The van der Waals surface area contributed by atoms with Crippen molar-refractivity contribution in [1.82, 2.24) is 5.32 Å². The molecule has 0 saturated heterocycles. The molecule has 1 aromatic rings. The molecule has 0 spiro atoms. The van der Waals surface area contributed by atoms with Crippen LogP contribution in [0.25, 0.3) is 5.70 Å².